The van der Waals surface area contributed by atoms with Crippen LogP contribution in [0, 0.1) is 17.8 Å². The van der Waals surface area contributed by atoms with Crippen LogP contribution in [0.25, 0.3) is 0 Å². The molecule has 2 rings (SSSR count). The molecule has 0 saturated carbocycles. The first-order chi connectivity index (χ1) is 16.1. The molecule has 38 heavy (non-hydrogen) atoms. The molecule has 0 atom stereocenters. The molecule has 0 aliphatic rings. The minimum atomic E-state index is -0.893. The van der Waals surface area contributed by atoms with E-state index in [0.29, 0.717) is 71.5 Å². The second-order valence-electron chi connectivity index (χ2n) is 9.82. The topological polar surface area (TPSA) is 82.1 Å². The smallest absolute Gasteiger partial charge is 0.303 e. The minimum absolute atomic E-state index is 0. The van der Waals surface area contributed by atoms with Gasteiger partial charge in [0.15, 0.2) is 17.3 Å². The fourth-order valence-corrected chi connectivity index (χ4v) is 3.12. The Labute approximate surface area is 232 Å². The quantitative estimate of drug-likeness (QED) is 0.244. The van der Waals surface area contributed by atoms with Gasteiger partial charge in [-0.1, -0.05) is 71.2 Å². The van der Waals surface area contributed by atoms with Gasteiger partial charge in [-0.2, -0.15) is 0 Å². The Morgan fingerprint density at radius 3 is 1.55 bits per heavy atom. The van der Waals surface area contributed by atoms with E-state index < -0.39 is 5.97 Å². The highest BCUT2D eigenvalue weighted by Gasteiger charge is 2.17. The van der Waals surface area contributed by atoms with Crippen LogP contribution in [0.4, 0.5) is 0 Å². The summed E-state index contributed by atoms with van der Waals surface area (Å²) in [5.74, 6) is 1.73. The van der Waals surface area contributed by atoms with Gasteiger partial charge in [-0.25, -0.2) is 0 Å². The lowest BCUT2D eigenvalue weighted by Crippen LogP contribution is -2.11. The number of ether oxygens (including phenoxy) is 3. The maximum absolute atomic E-state index is 13.3. The number of carboxylic acids is 1. The average Bonchev–Trinajstić information content (AvgIpc) is 2.78. The molecule has 0 amide bonds. The highest BCUT2D eigenvalue weighted by molar-refractivity contribution is 6.09. The first kappa shape index (κ1) is 39.5. The second kappa shape index (κ2) is 19.1. The van der Waals surface area contributed by atoms with Gasteiger partial charge >= 0.3 is 5.97 Å². The predicted molar refractivity (Wildman–Crippen MR) is 160 cm³/mol. The molecule has 0 radical (unpaired) electrons. The van der Waals surface area contributed by atoms with Crippen molar-refractivity contribution in [1.82, 2.24) is 0 Å². The van der Waals surface area contributed by atoms with E-state index in [0.717, 1.165) is 0 Å². The Morgan fingerprint density at radius 2 is 1.08 bits per heavy atom. The molecule has 0 bridgehead atoms. The lowest BCUT2D eigenvalue weighted by Gasteiger charge is -2.17. The van der Waals surface area contributed by atoms with Crippen molar-refractivity contribution in [3.63, 3.8) is 0 Å². The van der Waals surface area contributed by atoms with Crippen molar-refractivity contribution < 1.29 is 28.9 Å². The number of carbonyl (C=O) groups excluding carboxylic acids is 1. The van der Waals surface area contributed by atoms with Gasteiger partial charge in [0, 0.05) is 17.5 Å². The molecule has 2 aromatic rings. The Balaban J connectivity index is -0.00000306. The van der Waals surface area contributed by atoms with Crippen molar-refractivity contribution in [2.24, 2.45) is 17.8 Å². The number of carbonyl (C=O) groups is 2. The Morgan fingerprint density at radius 1 is 0.658 bits per heavy atom. The normalized spacial score (nSPS) is 10.0. The van der Waals surface area contributed by atoms with Gasteiger partial charge in [-0.15, -0.1) is 0 Å². The van der Waals surface area contributed by atoms with Crippen LogP contribution >= 0.6 is 0 Å². The van der Waals surface area contributed by atoms with E-state index in [1.165, 1.54) is 0 Å². The van der Waals surface area contributed by atoms with Crippen LogP contribution in [-0.2, 0) is 11.2 Å². The monoisotopic (exact) mass is 534 g/mol. The van der Waals surface area contributed by atoms with Crippen LogP contribution in [0.2, 0.25) is 0 Å². The summed E-state index contributed by atoms with van der Waals surface area (Å²) in [7, 11) is 0. The number of aliphatic carboxylic acids is 1. The summed E-state index contributed by atoms with van der Waals surface area (Å²) in [5.41, 5.74) is 1.67. The fraction of sp³-hybridized carbons (Fsp3) is 0.562. The van der Waals surface area contributed by atoms with Gasteiger partial charge in [-0.3, -0.25) is 9.59 Å². The van der Waals surface area contributed by atoms with Crippen LogP contribution in [0.5, 0.6) is 17.2 Å². The van der Waals surface area contributed by atoms with Crippen molar-refractivity contribution in [2.75, 3.05) is 19.8 Å². The summed E-state index contributed by atoms with van der Waals surface area (Å²) in [6.07, 6.45) is 0.249. The van der Waals surface area contributed by atoms with E-state index in [-0.39, 0.29) is 48.3 Å². The molecule has 0 aromatic heterocycles. The van der Waals surface area contributed by atoms with Crippen LogP contribution < -0.4 is 14.2 Å². The molecular weight excluding hydrogens is 480 g/mol. The second-order valence-corrected chi connectivity index (χ2v) is 9.82. The third-order valence-corrected chi connectivity index (χ3v) is 4.85. The SMILES string of the molecule is C.C.C.C.CC(C)COc1ccc(C(=O)c2ccc(OCC(C)C)c(OCC(C)C)c2)cc1CCC(=O)O. The summed E-state index contributed by atoms with van der Waals surface area (Å²) < 4.78 is 17.7. The molecule has 1 N–H and O–H groups in total. The van der Waals surface area contributed by atoms with E-state index in [1.807, 2.05) is 13.8 Å². The number of hydrogen-bond acceptors (Lipinski definition) is 5. The molecule has 0 aliphatic heterocycles. The van der Waals surface area contributed by atoms with Crippen molar-refractivity contribution >= 4 is 11.8 Å². The van der Waals surface area contributed by atoms with Crippen molar-refractivity contribution in [3.05, 3.63) is 53.1 Å². The number of carboxylic acid groups (broad SMARTS) is 1. The number of benzene rings is 2. The van der Waals surface area contributed by atoms with Crippen LogP contribution in [0.1, 0.15) is 99.2 Å². The zero-order valence-electron chi connectivity index (χ0n) is 21.2. The zero-order chi connectivity index (χ0) is 25.3. The van der Waals surface area contributed by atoms with E-state index in [4.69, 9.17) is 19.3 Å². The molecule has 0 fully saturated rings. The van der Waals surface area contributed by atoms with Gasteiger partial charge < -0.3 is 19.3 Å². The molecule has 0 heterocycles. The predicted octanol–water partition coefficient (Wildman–Crippen LogP) is 8.58. The summed E-state index contributed by atoms with van der Waals surface area (Å²) in [5, 5.41) is 9.13. The maximum Gasteiger partial charge on any atom is 0.303 e. The molecule has 6 heteroatoms. The summed E-state index contributed by atoms with van der Waals surface area (Å²) in [6.45, 7) is 13.9. The molecule has 0 unspecified atom stereocenters. The molecule has 0 spiro atoms. The first-order valence-corrected chi connectivity index (χ1v) is 12.0. The Kier molecular flexibility index (Phi) is 19.9. The van der Waals surface area contributed by atoms with Crippen LogP contribution in [0.15, 0.2) is 36.4 Å². The third-order valence-electron chi connectivity index (χ3n) is 4.85. The highest BCUT2D eigenvalue weighted by Crippen LogP contribution is 2.31. The van der Waals surface area contributed by atoms with Gasteiger partial charge in [0.05, 0.1) is 19.8 Å². The zero-order valence-corrected chi connectivity index (χ0v) is 21.2. The minimum Gasteiger partial charge on any atom is -0.493 e. The van der Waals surface area contributed by atoms with Gasteiger partial charge in [0.1, 0.15) is 5.75 Å². The van der Waals surface area contributed by atoms with Crippen molar-refractivity contribution in [2.45, 2.75) is 84.1 Å². The number of hydrogen-bond donors (Lipinski definition) is 1. The molecule has 218 valence electrons. The largest absolute Gasteiger partial charge is 0.493 e. The van der Waals surface area contributed by atoms with Crippen LogP contribution in [-0.4, -0.2) is 36.7 Å². The van der Waals surface area contributed by atoms with E-state index >= 15 is 0 Å². The lowest BCUT2D eigenvalue weighted by molar-refractivity contribution is -0.136. The lowest BCUT2D eigenvalue weighted by atomic mass is 9.98. The van der Waals surface area contributed by atoms with E-state index in [9.17, 15) is 9.59 Å². The number of ketones is 1. The standard InChI is InChI=1S/C28H38O6.4CH4/c1-18(2)15-32-24-10-7-22(13-21(24)9-12-27(29)30)28(31)23-8-11-25(33-16-19(3)4)26(14-23)34-17-20(5)6;;;;/h7-8,10-11,13-14,18-20H,9,12,15-17H2,1-6H3,(H,29,30);4*1H4. The molecule has 0 saturated heterocycles. The molecular formula is C32H54O6. The van der Waals surface area contributed by atoms with Crippen molar-refractivity contribution in [1.29, 1.82) is 0 Å². The number of aryl methyl sites for hydroxylation is 1. The summed E-state index contributed by atoms with van der Waals surface area (Å²) >= 11 is 0. The van der Waals surface area contributed by atoms with Crippen molar-refractivity contribution in [3.8, 4) is 17.2 Å². The highest BCUT2D eigenvalue weighted by atomic mass is 16.5. The Bertz CT molecular complexity index is 962. The molecule has 6 nitrogen and oxygen atoms in total. The summed E-state index contributed by atoms with van der Waals surface area (Å²) in [4.78, 5) is 24.5. The summed E-state index contributed by atoms with van der Waals surface area (Å²) in [6, 6.07) is 10.4. The Hall–Kier alpha value is -3.02. The van der Waals surface area contributed by atoms with E-state index in [1.54, 1.807) is 36.4 Å². The van der Waals surface area contributed by atoms with Gasteiger partial charge in [0.25, 0.3) is 0 Å². The molecule has 0 aliphatic carbocycles. The molecule has 2 aromatic carbocycles. The van der Waals surface area contributed by atoms with Crippen LogP contribution in [0.3, 0.4) is 0 Å². The van der Waals surface area contributed by atoms with Gasteiger partial charge in [0.2, 0.25) is 0 Å². The average molecular weight is 535 g/mol. The fourth-order valence-electron chi connectivity index (χ4n) is 3.12. The first-order valence-electron chi connectivity index (χ1n) is 12.0. The van der Waals surface area contributed by atoms with Gasteiger partial charge in [-0.05, 0) is 66.1 Å². The third kappa shape index (κ3) is 13.0. The maximum atomic E-state index is 13.3. The van der Waals surface area contributed by atoms with E-state index in [2.05, 4.69) is 27.7 Å². The number of rotatable bonds is 14.